The first kappa shape index (κ1) is 19.8. The third kappa shape index (κ3) is 4.86. The Morgan fingerprint density at radius 3 is 2.89 bits per heavy atom. The number of aryl methyl sites for hydroxylation is 2. The lowest BCUT2D eigenvalue weighted by Gasteiger charge is -2.34. The number of nitrogens with zero attached hydrogens (tertiary/aromatic N) is 3. The predicted octanol–water partition coefficient (Wildman–Crippen LogP) is 0.437. The number of H-pyrrole nitrogens is 1. The van der Waals surface area contributed by atoms with Gasteiger partial charge in [0.15, 0.2) is 5.82 Å². The Bertz CT molecular complexity index is 850. The molecular weight excluding hydrogens is 360 g/mol. The topological polar surface area (TPSA) is 112 Å². The highest BCUT2D eigenvalue weighted by atomic mass is 16.5. The van der Waals surface area contributed by atoms with Crippen LogP contribution in [0, 0.1) is 13.8 Å². The molecule has 0 saturated carbocycles. The number of methoxy groups -OCH3 is 1. The SMILES string of the molecule is COc1ccc(CN2CCNC(=O)C2CC(=O)NCc2n[nH]c(C)n2)cc1C. The zero-order chi connectivity index (χ0) is 20.1. The maximum atomic E-state index is 12.4. The molecule has 2 aromatic rings. The summed E-state index contributed by atoms with van der Waals surface area (Å²) in [7, 11) is 1.64. The summed E-state index contributed by atoms with van der Waals surface area (Å²) in [6, 6.07) is 5.45. The van der Waals surface area contributed by atoms with Crippen LogP contribution in [0.2, 0.25) is 0 Å². The van der Waals surface area contributed by atoms with Gasteiger partial charge >= 0.3 is 0 Å². The van der Waals surface area contributed by atoms with E-state index in [0.717, 1.165) is 16.9 Å². The number of piperazine rings is 1. The first-order valence-corrected chi connectivity index (χ1v) is 9.26. The van der Waals surface area contributed by atoms with Crippen LogP contribution in [0.25, 0.3) is 0 Å². The smallest absolute Gasteiger partial charge is 0.237 e. The van der Waals surface area contributed by atoms with Gasteiger partial charge in [-0.3, -0.25) is 19.6 Å². The molecule has 1 fully saturated rings. The number of rotatable bonds is 7. The van der Waals surface area contributed by atoms with Gasteiger partial charge in [0, 0.05) is 19.6 Å². The normalized spacial score (nSPS) is 17.2. The highest BCUT2D eigenvalue weighted by Gasteiger charge is 2.31. The molecule has 1 atom stereocenters. The average molecular weight is 386 g/mol. The van der Waals surface area contributed by atoms with Gasteiger partial charge in [0.05, 0.1) is 26.1 Å². The molecule has 1 aliphatic heterocycles. The maximum absolute atomic E-state index is 12.4. The minimum absolute atomic E-state index is 0.0877. The van der Waals surface area contributed by atoms with Gasteiger partial charge < -0.3 is 15.4 Å². The van der Waals surface area contributed by atoms with Crippen LogP contribution in [0.4, 0.5) is 0 Å². The van der Waals surface area contributed by atoms with E-state index in [4.69, 9.17) is 4.74 Å². The number of hydrogen-bond acceptors (Lipinski definition) is 6. The molecule has 150 valence electrons. The van der Waals surface area contributed by atoms with Crippen molar-refractivity contribution in [2.45, 2.75) is 39.4 Å². The number of carbonyl (C=O) groups is 2. The van der Waals surface area contributed by atoms with Gasteiger partial charge in [0.1, 0.15) is 11.6 Å². The van der Waals surface area contributed by atoms with Gasteiger partial charge in [-0.15, -0.1) is 0 Å². The lowest BCUT2D eigenvalue weighted by Crippen LogP contribution is -2.56. The third-order valence-electron chi connectivity index (χ3n) is 4.75. The molecule has 1 unspecified atom stereocenters. The molecule has 1 aromatic carbocycles. The summed E-state index contributed by atoms with van der Waals surface area (Å²) >= 11 is 0. The van der Waals surface area contributed by atoms with E-state index in [-0.39, 0.29) is 24.8 Å². The van der Waals surface area contributed by atoms with Gasteiger partial charge in [-0.05, 0) is 31.0 Å². The summed E-state index contributed by atoms with van der Waals surface area (Å²) in [6.45, 7) is 5.87. The molecule has 0 aliphatic carbocycles. The molecule has 2 amide bonds. The Balaban J connectivity index is 1.62. The molecule has 0 radical (unpaired) electrons. The number of aromatic amines is 1. The minimum Gasteiger partial charge on any atom is -0.496 e. The molecule has 28 heavy (non-hydrogen) atoms. The van der Waals surface area contributed by atoms with Gasteiger partial charge in [-0.1, -0.05) is 12.1 Å². The van der Waals surface area contributed by atoms with E-state index in [9.17, 15) is 9.59 Å². The van der Waals surface area contributed by atoms with Crippen molar-refractivity contribution >= 4 is 11.8 Å². The maximum Gasteiger partial charge on any atom is 0.237 e. The number of carbonyl (C=O) groups excluding carboxylic acids is 2. The van der Waals surface area contributed by atoms with Gasteiger partial charge in [-0.25, -0.2) is 4.98 Å². The summed E-state index contributed by atoms with van der Waals surface area (Å²) in [4.78, 5) is 31.0. The Hall–Kier alpha value is -2.94. The fourth-order valence-corrected chi connectivity index (χ4v) is 3.34. The summed E-state index contributed by atoms with van der Waals surface area (Å²) in [5.74, 6) is 1.71. The molecule has 1 saturated heterocycles. The van der Waals surface area contributed by atoms with Gasteiger partial charge in [-0.2, -0.15) is 5.10 Å². The highest BCUT2D eigenvalue weighted by Crippen LogP contribution is 2.21. The Labute approximate surface area is 163 Å². The molecule has 1 aliphatic rings. The van der Waals surface area contributed by atoms with Crippen LogP contribution in [0.15, 0.2) is 18.2 Å². The van der Waals surface area contributed by atoms with E-state index in [1.165, 1.54) is 0 Å². The van der Waals surface area contributed by atoms with Crippen LogP contribution in [0.3, 0.4) is 0 Å². The third-order valence-corrected chi connectivity index (χ3v) is 4.75. The lowest BCUT2D eigenvalue weighted by molar-refractivity contribution is -0.134. The molecule has 3 N–H and O–H groups in total. The number of ether oxygens (including phenoxy) is 1. The summed E-state index contributed by atoms with van der Waals surface area (Å²) in [5, 5.41) is 12.4. The summed E-state index contributed by atoms with van der Waals surface area (Å²) in [6.07, 6.45) is 0.0877. The zero-order valence-corrected chi connectivity index (χ0v) is 16.4. The first-order valence-electron chi connectivity index (χ1n) is 9.26. The van der Waals surface area contributed by atoms with E-state index >= 15 is 0 Å². The quantitative estimate of drug-likeness (QED) is 0.636. The van der Waals surface area contributed by atoms with Crippen molar-refractivity contribution in [1.82, 2.24) is 30.7 Å². The Kier molecular flexibility index (Phi) is 6.25. The molecule has 0 bridgehead atoms. The van der Waals surface area contributed by atoms with Gasteiger partial charge in [0.2, 0.25) is 11.8 Å². The second-order valence-electron chi connectivity index (χ2n) is 6.90. The monoisotopic (exact) mass is 386 g/mol. The van der Waals surface area contributed by atoms with Crippen molar-refractivity contribution in [2.24, 2.45) is 0 Å². The van der Waals surface area contributed by atoms with Crippen LogP contribution in [0.5, 0.6) is 5.75 Å². The van der Waals surface area contributed by atoms with Crippen molar-refractivity contribution in [3.8, 4) is 5.75 Å². The van der Waals surface area contributed by atoms with Gasteiger partial charge in [0.25, 0.3) is 0 Å². The second kappa shape index (κ2) is 8.83. The van der Waals surface area contributed by atoms with E-state index in [0.29, 0.717) is 31.3 Å². The highest BCUT2D eigenvalue weighted by molar-refractivity contribution is 5.88. The molecule has 9 nitrogen and oxygen atoms in total. The number of amides is 2. The van der Waals surface area contributed by atoms with E-state index in [2.05, 4.69) is 25.8 Å². The molecular formula is C19H26N6O3. The fourth-order valence-electron chi connectivity index (χ4n) is 3.34. The van der Waals surface area contributed by atoms with E-state index in [1.54, 1.807) is 14.0 Å². The molecule has 3 rings (SSSR count). The van der Waals surface area contributed by atoms with Crippen molar-refractivity contribution in [1.29, 1.82) is 0 Å². The van der Waals surface area contributed by atoms with Crippen LogP contribution in [-0.4, -0.2) is 58.1 Å². The van der Waals surface area contributed by atoms with Crippen LogP contribution in [0.1, 0.15) is 29.2 Å². The summed E-state index contributed by atoms with van der Waals surface area (Å²) in [5.41, 5.74) is 2.12. The molecule has 9 heteroatoms. The number of nitrogens with one attached hydrogen (secondary N) is 3. The Morgan fingerprint density at radius 2 is 2.21 bits per heavy atom. The minimum atomic E-state index is -0.509. The molecule has 1 aromatic heterocycles. The summed E-state index contributed by atoms with van der Waals surface area (Å²) < 4.78 is 5.30. The zero-order valence-electron chi connectivity index (χ0n) is 16.4. The molecule has 0 spiro atoms. The molecule has 2 heterocycles. The van der Waals surface area contributed by atoms with Crippen molar-refractivity contribution in [2.75, 3.05) is 20.2 Å². The Morgan fingerprint density at radius 1 is 1.39 bits per heavy atom. The van der Waals surface area contributed by atoms with Crippen LogP contribution < -0.4 is 15.4 Å². The second-order valence-corrected chi connectivity index (χ2v) is 6.90. The fraction of sp³-hybridized carbons (Fsp3) is 0.474. The van der Waals surface area contributed by atoms with Crippen LogP contribution in [-0.2, 0) is 22.7 Å². The van der Waals surface area contributed by atoms with Crippen molar-refractivity contribution in [3.05, 3.63) is 41.0 Å². The average Bonchev–Trinajstić information content (AvgIpc) is 3.08. The van der Waals surface area contributed by atoms with Crippen LogP contribution >= 0.6 is 0 Å². The standard InChI is InChI=1S/C19H26N6O3/c1-12-8-14(4-5-16(12)28-3)11-25-7-6-20-19(27)15(25)9-18(26)21-10-17-22-13(2)23-24-17/h4-5,8,15H,6-7,9-11H2,1-3H3,(H,20,27)(H,21,26)(H,22,23,24). The van der Waals surface area contributed by atoms with Crippen molar-refractivity contribution in [3.63, 3.8) is 0 Å². The lowest BCUT2D eigenvalue weighted by atomic mass is 10.1. The van der Waals surface area contributed by atoms with Crippen molar-refractivity contribution < 1.29 is 14.3 Å². The first-order chi connectivity index (χ1) is 13.5. The number of aromatic nitrogens is 3. The van der Waals surface area contributed by atoms with E-state index in [1.807, 2.05) is 30.0 Å². The van der Waals surface area contributed by atoms with E-state index < -0.39 is 6.04 Å². The largest absolute Gasteiger partial charge is 0.496 e. The number of hydrogen-bond donors (Lipinski definition) is 3. The number of benzene rings is 1. The predicted molar refractivity (Wildman–Crippen MR) is 103 cm³/mol.